The number of amides is 1. The van der Waals surface area contributed by atoms with Crippen molar-refractivity contribution in [1.82, 2.24) is 4.90 Å². The van der Waals surface area contributed by atoms with Crippen LogP contribution >= 0.6 is 0 Å². The Morgan fingerprint density at radius 1 is 1.00 bits per heavy atom. The normalized spacial score (nSPS) is 25.1. The van der Waals surface area contributed by atoms with E-state index in [9.17, 15) is 9.90 Å². The third-order valence-electron chi connectivity index (χ3n) is 7.64. The molecule has 5 nitrogen and oxygen atoms in total. The third kappa shape index (κ3) is 5.93. The maximum atomic E-state index is 13.4. The first-order valence-electron chi connectivity index (χ1n) is 12.6. The van der Waals surface area contributed by atoms with Crippen molar-refractivity contribution >= 4 is 5.91 Å². The van der Waals surface area contributed by atoms with Gasteiger partial charge >= 0.3 is 0 Å². The standard InChI is InChI=1S/C27H39NO4/c1-28(24-10-6-3-7-11-24)27(30)25-16-23(22-8-4-2-5-9-22)17-26(32-25)31-19-21-14-12-20(18-29)13-15-21/h12-16,22-24,26,29H,2-11,17-19H2,1H3/t23-,26+/m1/s1. The smallest absolute Gasteiger partial charge is 0.288 e. The number of allylic oxidation sites excluding steroid dienone is 1. The monoisotopic (exact) mass is 441 g/mol. The maximum Gasteiger partial charge on any atom is 0.288 e. The third-order valence-corrected chi connectivity index (χ3v) is 7.64. The SMILES string of the molecule is CN(C(=O)C1=C[C@@H](C2CCCCC2)C[C@@H](OCc2ccc(CO)cc2)O1)C1CCCCC1. The molecule has 0 bridgehead atoms. The van der Waals surface area contributed by atoms with E-state index >= 15 is 0 Å². The van der Waals surface area contributed by atoms with Crippen LogP contribution in [0.1, 0.15) is 81.8 Å². The van der Waals surface area contributed by atoms with Gasteiger partial charge in [-0.05, 0) is 54.7 Å². The molecular weight excluding hydrogens is 402 g/mol. The molecule has 4 rings (SSSR count). The lowest BCUT2D eigenvalue weighted by Gasteiger charge is -2.37. The van der Waals surface area contributed by atoms with Crippen LogP contribution in [0.25, 0.3) is 0 Å². The van der Waals surface area contributed by atoms with Gasteiger partial charge in [0.25, 0.3) is 5.91 Å². The summed E-state index contributed by atoms with van der Waals surface area (Å²) < 4.78 is 12.3. The quantitative estimate of drug-likeness (QED) is 0.623. The lowest BCUT2D eigenvalue weighted by molar-refractivity contribution is -0.161. The molecule has 2 fully saturated rings. The van der Waals surface area contributed by atoms with Crippen molar-refractivity contribution in [3.8, 4) is 0 Å². The minimum absolute atomic E-state index is 0.0123. The van der Waals surface area contributed by atoms with E-state index in [1.807, 2.05) is 36.2 Å². The van der Waals surface area contributed by atoms with Crippen LogP contribution in [0.5, 0.6) is 0 Å². The number of hydrogen-bond acceptors (Lipinski definition) is 4. The zero-order chi connectivity index (χ0) is 22.3. The number of carbonyl (C=O) groups excluding carboxylic acids is 1. The van der Waals surface area contributed by atoms with E-state index in [0.29, 0.717) is 30.2 Å². The summed E-state index contributed by atoms with van der Waals surface area (Å²) in [5.74, 6) is 1.45. The topological polar surface area (TPSA) is 59.0 Å². The minimum atomic E-state index is -0.400. The largest absolute Gasteiger partial charge is 0.459 e. The first-order chi connectivity index (χ1) is 15.6. The van der Waals surface area contributed by atoms with Crippen molar-refractivity contribution < 1.29 is 19.4 Å². The lowest BCUT2D eigenvalue weighted by atomic mass is 9.77. The number of likely N-dealkylation sites (N-methyl/N-ethyl adjacent to an activating group) is 1. The van der Waals surface area contributed by atoms with E-state index in [1.165, 1.54) is 51.4 Å². The summed E-state index contributed by atoms with van der Waals surface area (Å²) in [5, 5.41) is 9.24. The molecule has 5 heteroatoms. The van der Waals surface area contributed by atoms with Gasteiger partial charge in [0.2, 0.25) is 6.29 Å². The van der Waals surface area contributed by atoms with Gasteiger partial charge < -0.3 is 19.5 Å². The molecule has 0 radical (unpaired) electrons. The fourth-order valence-corrected chi connectivity index (χ4v) is 5.57. The van der Waals surface area contributed by atoms with Gasteiger partial charge in [-0.2, -0.15) is 0 Å². The van der Waals surface area contributed by atoms with Crippen LogP contribution in [0.4, 0.5) is 0 Å². The second-order valence-electron chi connectivity index (χ2n) is 9.87. The molecule has 1 aromatic rings. The van der Waals surface area contributed by atoms with E-state index in [-0.39, 0.29) is 12.5 Å². The number of ether oxygens (including phenoxy) is 2. The lowest BCUT2D eigenvalue weighted by Crippen LogP contribution is -2.41. The van der Waals surface area contributed by atoms with Crippen LogP contribution in [0, 0.1) is 11.8 Å². The highest BCUT2D eigenvalue weighted by Gasteiger charge is 2.35. The number of aliphatic hydroxyl groups is 1. The first kappa shape index (κ1) is 23.3. The molecule has 176 valence electrons. The van der Waals surface area contributed by atoms with Crippen molar-refractivity contribution in [2.45, 2.75) is 96.2 Å². The summed E-state index contributed by atoms with van der Waals surface area (Å²) in [5.41, 5.74) is 1.93. The molecule has 1 heterocycles. The zero-order valence-corrected chi connectivity index (χ0v) is 19.5. The minimum Gasteiger partial charge on any atom is -0.459 e. The Balaban J connectivity index is 1.44. The summed E-state index contributed by atoms with van der Waals surface area (Å²) in [7, 11) is 1.94. The van der Waals surface area contributed by atoms with Crippen LogP contribution in [0.2, 0.25) is 0 Å². The zero-order valence-electron chi connectivity index (χ0n) is 19.5. The van der Waals surface area contributed by atoms with E-state index in [2.05, 4.69) is 6.08 Å². The van der Waals surface area contributed by atoms with Gasteiger partial charge in [-0.25, -0.2) is 0 Å². The van der Waals surface area contributed by atoms with Crippen LogP contribution in [-0.4, -0.2) is 35.3 Å². The van der Waals surface area contributed by atoms with Crippen LogP contribution < -0.4 is 0 Å². The molecule has 0 unspecified atom stereocenters. The van der Waals surface area contributed by atoms with E-state index < -0.39 is 6.29 Å². The fraction of sp³-hybridized carbons (Fsp3) is 0.667. The Morgan fingerprint density at radius 3 is 2.28 bits per heavy atom. The van der Waals surface area contributed by atoms with E-state index in [4.69, 9.17) is 9.47 Å². The molecule has 3 aliphatic rings. The molecule has 0 aromatic heterocycles. The Kier molecular flexibility index (Phi) is 8.26. The van der Waals surface area contributed by atoms with E-state index in [1.54, 1.807) is 0 Å². The van der Waals surface area contributed by atoms with Crippen molar-refractivity contribution in [3.63, 3.8) is 0 Å². The van der Waals surface area contributed by atoms with Crippen molar-refractivity contribution in [1.29, 1.82) is 0 Å². The number of nitrogens with zero attached hydrogens (tertiary/aromatic N) is 1. The van der Waals surface area contributed by atoms with Crippen LogP contribution in [0.3, 0.4) is 0 Å². The summed E-state index contributed by atoms with van der Waals surface area (Å²) in [4.78, 5) is 15.3. The van der Waals surface area contributed by atoms with E-state index in [0.717, 1.165) is 30.4 Å². The number of carbonyl (C=O) groups is 1. The Morgan fingerprint density at radius 2 is 1.62 bits per heavy atom. The van der Waals surface area contributed by atoms with Gasteiger partial charge in [0, 0.05) is 19.5 Å². The van der Waals surface area contributed by atoms with Crippen molar-refractivity contribution in [3.05, 3.63) is 47.2 Å². The van der Waals surface area contributed by atoms with Gasteiger partial charge in [-0.1, -0.05) is 62.8 Å². The highest BCUT2D eigenvalue weighted by atomic mass is 16.7. The molecule has 1 aromatic carbocycles. The molecule has 1 N–H and O–H groups in total. The average Bonchev–Trinajstić information content (AvgIpc) is 2.87. The maximum absolute atomic E-state index is 13.4. The van der Waals surface area contributed by atoms with Crippen molar-refractivity contribution in [2.75, 3.05) is 7.05 Å². The van der Waals surface area contributed by atoms with Gasteiger partial charge in [-0.15, -0.1) is 0 Å². The van der Waals surface area contributed by atoms with Crippen LogP contribution in [-0.2, 0) is 27.5 Å². The van der Waals surface area contributed by atoms with Gasteiger partial charge in [0.05, 0.1) is 13.2 Å². The van der Waals surface area contributed by atoms with Crippen LogP contribution in [0.15, 0.2) is 36.1 Å². The Labute approximate surface area is 192 Å². The van der Waals surface area contributed by atoms with Gasteiger partial charge in [0.1, 0.15) is 0 Å². The van der Waals surface area contributed by atoms with Gasteiger partial charge in [-0.3, -0.25) is 4.79 Å². The summed E-state index contributed by atoms with van der Waals surface area (Å²) in [6, 6.07) is 8.11. The summed E-state index contributed by atoms with van der Waals surface area (Å²) >= 11 is 0. The molecule has 1 aliphatic heterocycles. The fourth-order valence-electron chi connectivity index (χ4n) is 5.57. The predicted octanol–water partition coefficient (Wildman–Crippen LogP) is 5.31. The molecule has 2 atom stereocenters. The summed E-state index contributed by atoms with van der Waals surface area (Å²) in [6.07, 6.45) is 14.7. The Hall–Kier alpha value is -1.85. The molecular formula is C27H39NO4. The number of hydrogen-bond donors (Lipinski definition) is 1. The highest BCUT2D eigenvalue weighted by Crippen LogP contribution is 2.38. The molecule has 0 saturated heterocycles. The second-order valence-corrected chi connectivity index (χ2v) is 9.87. The molecule has 0 spiro atoms. The second kappa shape index (κ2) is 11.3. The average molecular weight is 442 g/mol. The Bertz CT molecular complexity index is 762. The number of benzene rings is 1. The molecule has 2 aliphatic carbocycles. The molecule has 32 heavy (non-hydrogen) atoms. The van der Waals surface area contributed by atoms with Gasteiger partial charge in [0.15, 0.2) is 5.76 Å². The summed E-state index contributed by atoms with van der Waals surface area (Å²) in [6.45, 7) is 0.481. The predicted molar refractivity (Wildman–Crippen MR) is 124 cm³/mol. The first-order valence-corrected chi connectivity index (χ1v) is 12.6. The highest BCUT2D eigenvalue weighted by molar-refractivity contribution is 5.91. The number of rotatable bonds is 7. The molecule has 1 amide bonds. The number of aliphatic hydroxyl groups excluding tert-OH is 1. The van der Waals surface area contributed by atoms with Crippen molar-refractivity contribution in [2.24, 2.45) is 11.8 Å². The molecule has 2 saturated carbocycles.